The fraction of sp³-hybridized carbons (Fsp3) is 0.200. The van der Waals surface area contributed by atoms with Crippen LogP contribution in [-0.4, -0.2) is 14.5 Å². The van der Waals surface area contributed by atoms with Gasteiger partial charge in [-0.3, -0.25) is 19.5 Å². The van der Waals surface area contributed by atoms with Crippen LogP contribution in [0.5, 0.6) is 0 Å². The van der Waals surface area contributed by atoms with Crippen LogP contribution in [0, 0.1) is 17.0 Å². The number of halogens is 7. The van der Waals surface area contributed by atoms with Crippen molar-refractivity contribution >= 4 is 28.9 Å². The largest absolute Gasteiger partial charge is 0.435 e. The standard InChI is InChI=1S/C20H13ClF6N4O3/c1-10-4-2-3-5-11(10)9-30-17(32)15(21)16(20(25,26)27)29-18(30)28-13-7-6-12(19(22,23)24)8-14(13)31(33)34/h2-8H,9H2,1H3,(H,28,29). The average Bonchev–Trinajstić information content (AvgIpc) is 2.73. The Bertz CT molecular complexity index is 1320. The van der Waals surface area contributed by atoms with Crippen molar-refractivity contribution in [1.29, 1.82) is 0 Å². The van der Waals surface area contributed by atoms with Crippen molar-refractivity contribution in [3.63, 3.8) is 0 Å². The fourth-order valence-corrected chi connectivity index (χ4v) is 3.26. The molecule has 34 heavy (non-hydrogen) atoms. The number of nitro benzene ring substituents is 1. The van der Waals surface area contributed by atoms with E-state index in [2.05, 4.69) is 10.3 Å². The lowest BCUT2D eigenvalue weighted by Crippen LogP contribution is -2.29. The molecule has 14 heteroatoms. The lowest BCUT2D eigenvalue weighted by Gasteiger charge is -2.18. The number of nitrogens with one attached hydrogen (secondary N) is 1. The van der Waals surface area contributed by atoms with Crippen LogP contribution in [0.3, 0.4) is 0 Å². The number of anilines is 2. The topological polar surface area (TPSA) is 90.1 Å². The Kier molecular flexibility index (Phi) is 6.60. The number of aryl methyl sites for hydroxylation is 1. The first-order valence-corrected chi connectivity index (χ1v) is 9.62. The van der Waals surface area contributed by atoms with Gasteiger partial charge in [0.25, 0.3) is 11.2 Å². The molecule has 1 heterocycles. The Labute approximate surface area is 191 Å². The molecule has 180 valence electrons. The van der Waals surface area contributed by atoms with E-state index in [0.29, 0.717) is 27.8 Å². The van der Waals surface area contributed by atoms with Gasteiger partial charge in [0.05, 0.1) is 17.0 Å². The summed E-state index contributed by atoms with van der Waals surface area (Å²) < 4.78 is 79.9. The van der Waals surface area contributed by atoms with Gasteiger partial charge in [-0.2, -0.15) is 26.3 Å². The minimum absolute atomic E-state index is 0.215. The molecule has 3 rings (SSSR count). The lowest BCUT2D eigenvalue weighted by molar-refractivity contribution is -0.384. The van der Waals surface area contributed by atoms with Gasteiger partial charge in [0.2, 0.25) is 5.95 Å². The number of hydrogen-bond acceptors (Lipinski definition) is 5. The number of nitrogens with zero attached hydrogens (tertiary/aromatic N) is 3. The van der Waals surface area contributed by atoms with Gasteiger partial charge >= 0.3 is 12.4 Å². The van der Waals surface area contributed by atoms with Crippen LogP contribution >= 0.6 is 11.6 Å². The lowest BCUT2D eigenvalue weighted by atomic mass is 10.1. The molecule has 0 amide bonds. The summed E-state index contributed by atoms with van der Waals surface area (Å²) in [5, 5.41) is 12.3. The van der Waals surface area contributed by atoms with Crippen molar-refractivity contribution in [3.05, 3.63) is 90.3 Å². The number of aromatic nitrogens is 2. The number of rotatable bonds is 5. The summed E-state index contributed by atoms with van der Waals surface area (Å²) >= 11 is 5.64. The summed E-state index contributed by atoms with van der Waals surface area (Å²) in [6.07, 6.45) is -10.1. The quantitative estimate of drug-likeness (QED) is 0.263. The van der Waals surface area contributed by atoms with Crippen LogP contribution in [0.1, 0.15) is 22.4 Å². The Morgan fingerprint density at radius 3 is 2.29 bits per heavy atom. The first-order chi connectivity index (χ1) is 15.7. The van der Waals surface area contributed by atoms with Crippen LogP contribution in [0.25, 0.3) is 0 Å². The molecule has 1 N–H and O–H groups in total. The third-order valence-corrected chi connectivity index (χ3v) is 5.08. The van der Waals surface area contributed by atoms with Gasteiger partial charge in [0.15, 0.2) is 5.69 Å². The maximum absolute atomic E-state index is 13.4. The van der Waals surface area contributed by atoms with Gasteiger partial charge < -0.3 is 5.32 Å². The Morgan fingerprint density at radius 1 is 1.09 bits per heavy atom. The van der Waals surface area contributed by atoms with Crippen molar-refractivity contribution in [3.8, 4) is 0 Å². The molecule has 0 saturated heterocycles. The maximum atomic E-state index is 13.4. The second-order valence-corrected chi connectivity index (χ2v) is 7.40. The molecule has 3 aromatic rings. The first kappa shape index (κ1) is 25.0. The number of alkyl halides is 6. The molecule has 2 aromatic carbocycles. The molecule has 7 nitrogen and oxygen atoms in total. The third kappa shape index (κ3) is 5.14. The molecule has 0 aliphatic carbocycles. The third-order valence-electron chi connectivity index (χ3n) is 4.74. The first-order valence-electron chi connectivity index (χ1n) is 9.25. The van der Waals surface area contributed by atoms with Crippen LogP contribution < -0.4 is 10.9 Å². The van der Waals surface area contributed by atoms with E-state index in [0.717, 1.165) is 0 Å². The van der Waals surface area contributed by atoms with Crippen molar-refractivity contribution < 1.29 is 31.3 Å². The van der Waals surface area contributed by atoms with Gasteiger partial charge in [-0.05, 0) is 30.2 Å². The predicted molar refractivity (Wildman–Crippen MR) is 110 cm³/mol. The molecule has 0 radical (unpaired) electrons. The van der Waals surface area contributed by atoms with Gasteiger partial charge in [-0.15, -0.1) is 0 Å². The van der Waals surface area contributed by atoms with Gasteiger partial charge in [0.1, 0.15) is 10.7 Å². The van der Waals surface area contributed by atoms with Crippen molar-refractivity contribution in [2.45, 2.75) is 25.8 Å². The van der Waals surface area contributed by atoms with E-state index in [4.69, 9.17) is 11.6 Å². The molecule has 0 atom stereocenters. The molecule has 0 fully saturated rings. The van der Waals surface area contributed by atoms with E-state index in [9.17, 15) is 41.3 Å². The molecular formula is C20H13ClF6N4O3. The summed E-state index contributed by atoms with van der Waals surface area (Å²) in [6.45, 7) is 1.35. The second kappa shape index (κ2) is 8.97. The number of benzene rings is 2. The summed E-state index contributed by atoms with van der Waals surface area (Å²) in [7, 11) is 0. The zero-order chi connectivity index (χ0) is 25.4. The van der Waals surface area contributed by atoms with Crippen molar-refractivity contribution in [2.24, 2.45) is 0 Å². The Balaban J connectivity index is 2.22. The monoisotopic (exact) mass is 506 g/mol. The molecule has 0 unspecified atom stereocenters. The van der Waals surface area contributed by atoms with Crippen LogP contribution in [0.15, 0.2) is 47.3 Å². The van der Waals surface area contributed by atoms with Crippen LogP contribution in [0.2, 0.25) is 5.02 Å². The second-order valence-electron chi connectivity index (χ2n) is 7.03. The van der Waals surface area contributed by atoms with E-state index in [1.54, 1.807) is 31.2 Å². The highest BCUT2D eigenvalue weighted by atomic mass is 35.5. The van der Waals surface area contributed by atoms with Crippen molar-refractivity contribution in [2.75, 3.05) is 5.32 Å². The van der Waals surface area contributed by atoms with E-state index in [1.165, 1.54) is 0 Å². The van der Waals surface area contributed by atoms with Crippen molar-refractivity contribution in [1.82, 2.24) is 9.55 Å². The average molecular weight is 507 g/mol. The normalized spacial score (nSPS) is 12.0. The summed E-state index contributed by atoms with van der Waals surface area (Å²) in [6, 6.07) is 7.93. The summed E-state index contributed by atoms with van der Waals surface area (Å²) in [4.78, 5) is 26.3. The van der Waals surface area contributed by atoms with E-state index in [-0.39, 0.29) is 12.6 Å². The molecule has 0 saturated carbocycles. The van der Waals surface area contributed by atoms with Crippen LogP contribution in [0.4, 0.5) is 43.7 Å². The SMILES string of the molecule is Cc1ccccc1Cn1c(Nc2ccc(C(F)(F)F)cc2[N+](=O)[O-])nc(C(F)(F)F)c(Cl)c1=O. The van der Waals surface area contributed by atoms with Gasteiger partial charge in [-0.1, -0.05) is 35.9 Å². The smallest absolute Gasteiger partial charge is 0.320 e. The van der Waals surface area contributed by atoms with E-state index in [1.807, 2.05) is 0 Å². The molecule has 0 aliphatic heterocycles. The fourth-order valence-electron chi connectivity index (χ4n) is 3.00. The molecule has 0 spiro atoms. The molecular weight excluding hydrogens is 494 g/mol. The predicted octanol–water partition coefficient (Wildman–Crippen LogP) is 5.94. The van der Waals surface area contributed by atoms with Crippen LogP contribution in [-0.2, 0) is 18.9 Å². The maximum Gasteiger partial charge on any atom is 0.435 e. The van der Waals surface area contributed by atoms with Gasteiger partial charge in [0, 0.05) is 6.07 Å². The van der Waals surface area contributed by atoms with Gasteiger partial charge in [-0.25, -0.2) is 4.98 Å². The minimum atomic E-state index is -5.15. The number of nitro groups is 1. The van der Waals surface area contributed by atoms with E-state index < -0.39 is 56.4 Å². The zero-order valence-electron chi connectivity index (χ0n) is 17.0. The van der Waals surface area contributed by atoms with E-state index >= 15 is 0 Å². The molecule has 0 aliphatic rings. The number of hydrogen-bond donors (Lipinski definition) is 1. The highest BCUT2D eigenvalue weighted by Crippen LogP contribution is 2.37. The zero-order valence-corrected chi connectivity index (χ0v) is 17.7. The summed E-state index contributed by atoms with van der Waals surface area (Å²) in [5.74, 6) is -0.798. The molecule has 0 bridgehead atoms. The minimum Gasteiger partial charge on any atom is -0.320 e. The Hall–Kier alpha value is -3.61. The highest BCUT2D eigenvalue weighted by molar-refractivity contribution is 6.31. The Morgan fingerprint density at radius 2 is 1.74 bits per heavy atom. The summed E-state index contributed by atoms with van der Waals surface area (Å²) in [5.41, 5.74) is -4.94. The molecule has 1 aromatic heterocycles. The highest BCUT2D eigenvalue weighted by Gasteiger charge is 2.38.